The molecule has 19 heavy (non-hydrogen) atoms. The number of nitrogens with zero attached hydrogens (tertiary/aromatic N) is 1. The van der Waals surface area contributed by atoms with Gasteiger partial charge in [0.05, 0.1) is 10.0 Å². The van der Waals surface area contributed by atoms with Gasteiger partial charge in [0.1, 0.15) is 7.11 Å². The van der Waals surface area contributed by atoms with Crippen molar-refractivity contribution in [3.05, 3.63) is 56.7 Å². The maximum atomic E-state index is 6.01. The molecule has 98 valence electrons. The normalized spacial score (nSPS) is 19.7. The first-order valence-corrected chi connectivity index (χ1v) is 7.39. The molecule has 0 aliphatic heterocycles. The number of benzene rings is 1. The van der Waals surface area contributed by atoms with Gasteiger partial charge in [0.15, 0.2) is 0 Å². The molecule has 0 saturated carbocycles. The first kappa shape index (κ1) is 12.7. The summed E-state index contributed by atoms with van der Waals surface area (Å²) >= 11 is 7.65. The minimum Gasteiger partial charge on any atom is -0.399 e. The highest BCUT2D eigenvalue weighted by atomic mass is 35.5. The van der Waals surface area contributed by atoms with E-state index < -0.39 is 0 Å². The number of oxime groups is 1. The Kier molecular flexibility index (Phi) is 3.58. The Bertz CT molecular complexity index is 620. The van der Waals surface area contributed by atoms with Crippen molar-refractivity contribution in [1.29, 1.82) is 0 Å². The molecule has 2 aromatic rings. The van der Waals surface area contributed by atoms with Gasteiger partial charge < -0.3 is 4.84 Å². The van der Waals surface area contributed by atoms with Gasteiger partial charge in [-0.05, 0) is 29.7 Å². The van der Waals surface area contributed by atoms with Crippen molar-refractivity contribution in [2.24, 2.45) is 5.16 Å². The minimum atomic E-state index is 0.311. The molecule has 0 spiro atoms. The maximum Gasteiger partial charge on any atom is 0.106 e. The quantitative estimate of drug-likeness (QED) is 0.773. The predicted octanol–water partition coefficient (Wildman–Crippen LogP) is 4.29. The highest BCUT2D eigenvalue weighted by Crippen LogP contribution is 2.35. The van der Waals surface area contributed by atoms with Crippen LogP contribution in [0.2, 0.25) is 4.34 Å². The van der Waals surface area contributed by atoms with Gasteiger partial charge in [-0.25, -0.2) is 0 Å². The predicted molar refractivity (Wildman–Crippen MR) is 80.4 cm³/mol. The number of rotatable bonds is 3. The van der Waals surface area contributed by atoms with E-state index in [-0.39, 0.29) is 0 Å². The molecule has 0 amide bonds. The fraction of sp³-hybridized carbons (Fsp3) is 0.267. The zero-order valence-corrected chi connectivity index (χ0v) is 12.2. The summed E-state index contributed by atoms with van der Waals surface area (Å²) in [5.41, 5.74) is 3.82. The van der Waals surface area contributed by atoms with Gasteiger partial charge >= 0.3 is 0 Å². The van der Waals surface area contributed by atoms with E-state index in [1.165, 1.54) is 16.0 Å². The van der Waals surface area contributed by atoms with Crippen molar-refractivity contribution in [2.45, 2.75) is 18.8 Å². The smallest absolute Gasteiger partial charge is 0.106 e. The van der Waals surface area contributed by atoms with E-state index >= 15 is 0 Å². The molecule has 0 radical (unpaired) electrons. The van der Waals surface area contributed by atoms with E-state index in [4.69, 9.17) is 16.4 Å². The number of halogens is 1. The van der Waals surface area contributed by atoms with Gasteiger partial charge in [0, 0.05) is 17.2 Å². The van der Waals surface area contributed by atoms with E-state index in [2.05, 4.69) is 35.5 Å². The Morgan fingerprint density at radius 2 is 2.16 bits per heavy atom. The SMILES string of the molecule is CO/N=C1/Cc2ccccc2C1Cc1ccc(Cl)s1. The molecular weight excluding hydrogens is 278 g/mol. The van der Waals surface area contributed by atoms with E-state index in [1.807, 2.05) is 6.07 Å². The number of hydrogen-bond acceptors (Lipinski definition) is 3. The molecule has 0 saturated heterocycles. The lowest BCUT2D eigenvalue weighted by Gasteiger charge is -2.11. The van der Waals surface area contributed by atoms with Gasteiger partial charge in [0.25, 0.3) is 0 Å². The molecule has 1 unspecified atom stereocenters. The lowest BCUT2D eigenvalue weighted by molar-refractivity contribution is 0.211. The van der Waals surface area contributed by atoms with Crippen molar-refractivity contribution in [3.8, 4) is 0 Å². The average molecular weight is 292 g/mol. The van der Waals surface area contributed by atoms with Crippen LogP contribution in [0.1, 0.15) is 21.9 Å². The lowest BCUT2D eigenvalue weighted by Crippen LogP contribution is -2.09. The second-order valence-corrected chi connectivity index (χ2v) is 6.40. The van der Waals surface area contributed by atoms with Crippen molar-refractivity contribution >= 4 is 28.6 Å². The molecule has 0 fully saturated rings. The van der Waals surface area contributed by atoms with Gasteiger partial charge in [-0.1, -0.05) is 41.0 Å². The molecule has 1 heterocycles. The van der Waals surface area contributed by atoms with Crippen LogP contribution in [0.3, 0.4) is 0 Å². The van der Waals surface area contributed by atoms with Crippen LogP contribution >= 0.6 is 22.9 Å². The van der Waals surface area contributed by atoms with Crippen LogP contribution in [-0.2, 0) is 17.7 Å². The first-order chi connectivity index (χ1) is 9.28. The van der Waals surface area contributed by atoms with Gasteiger partial charge in [0.2, 0.25) is 0 Å². The van der Waals surface area contributed by atoms with Crippen LogP contribution in [0, 0.1) is 0 Å². The zero-order chi connectivity index (χ0) is 13.2. The van der Waals surface area contributed by atoms with E-state index in [0.717, 1.165) is 22.9 Å². The third kappa shape index (κ3) is 2.53. The van der Waals surface area contributed by atoms with Gasteiger partial charge in [-0.2, -0.15) is 0 Å². The van der Waals surface area contributed by atoms with Crippen molar-refractivity contribution < 1.29 is 4.84 Å². The monoisotopic (exact) mass is 291 g/mol. The summed E-state index contributed by atoms with van der Waals surface area (Å²) in [6.45, 7) is 0. The summed E-state index contributed by atoms with van der Waals surface area (Å²) in [5, 5.41) is 4.21. The van der Waals surface area contributed by atoms with Crippen LogP contribution in [0.5, 0.6) is 0 Å². The standard InChI is InChI=1S/C15H14ClNOS/c1-18-17-14-8-10-4-2-3-5-12(10)13(14)9-11-6-7-15(16)19-11/h2-7,13H,8-9H2,1H3/b17-14-. The van der Waals surface area contributed by atoms with Gasteiger partial charge in [-0.15, -0.1) is 11.3 Å². The second-order valence-electron chi connectivity index (χ2n) is 4.60. The number of fused-ring (bicyclic) bond motifs is 1. The van der Waals surface area contributed by atoms with E-state index in [9.17, 15) is 0 Å². The van der Waals surface area contributed by atoms with Gasteiger partial charge in [-0.3, -0.25) is 0 Å². The van der Waals surface area contributed by atoms with Crippen LogP contribution in [-0.4, -0.2) is 12.8 Å². The Balaban J connectivity index is 1.94. The van der Waals surface area contributed by atoms with Crippen molar-refractivity contribution in [2.75, 3.05) is 7.11 Å². The molecule has 2 nitrogen and oxygen atoms in total. The Hall–Kier alpha value is -1.32. The van der Waals surface area contributed by atoms with Crippen molar-refractivity contribution in [1.82, 2.24) is 0 Å². The maximum absolute atomic E-state index is 6.01. The molecule has 0 bridgehead atoms. The summed E-state index contributed by atoms with van der Waals surface area (Å²) < 4.78 is 0.839. The summed E-state index contributed by atoms with van der Waals surface area (Å²) in [7, 11) is 1.61. The highest BCUT2D eigenvalue weighted by molar-refractivity contribution is 7.16. The lowest BCUT2D eigenvalue weighted by atomic mass is 9.96. The van der Waals surface area contributed by atoms with Crippen LogP contribution in [0.4, 0.5) is 0 Å². The molecule has 3 rings (SSSR count). The fourth-order valence-electron chi connectivity index (χ4n) is 2.64. The highest BCUT2D eigenvalue weighted by Gasteiger charge is 2.29. The molecule has 1 aliphatic carbocycles. The third-order valence-corrected chi connectivity index (χ3v) is 4.70. The Labute approximate surface area is 121 Å². The average Bonchev–Trinajstić information content (AvgIpc) is 2.96. The summed E-state index contributed by atoms with van der Waals surface area (Å²) in [6, 6.07) is 12.6. The Morgan fingerprint density at radius 3 is 2.89 bits per heavy atom. The van der Waals surface area contributed by atoms with E-state index in [1.54, 1.807) is 18.4 Å². The molecule has 1 aromatic carbocycles. The second kappa shape index (κ2) is 5.35. The third-order valence-electron chi connectivity index (χ3n) is 3.45. The van der Waals surface area contributed by atoms with Crippen LogP contribution in [0.25, 0.3) is 0 Å². The molecule has 4 heteroatoms. The van der Waals surface area contributed by atoms with Crippen molar-refractivity contribution in [3.63, 3.8) is 0 Å². The fourth-order valence-corrected chi connectivity index (χ4v) is 3.77. The summed E-state index contributed by atoms with van der Waals surface area (Å²) in [5.74, 6) is 0.311. The molecule has 1 aromatic heterocycles. The number of thiophene rings is 1. The molecule has 1 atom stereocenters. The molecule has 0 N–H and O–H groups in total. The largest absolute Gasteiger partial charge is 0.399 e. The minimum absolute atomic E-state index is 0.311. The number of hydrogen-bond donors (Lipinski definition) is 0. The Morgan fingerprint density at radius 1 is 1.32 bits per heavy atom. The van der Waals surface area contributed by atoms with E-state index in [0.29, 0.717) is 5.92 Å². The zero-order valence-electron chi connectivity index (χ0n) is 10.6. The molecule has 1 aliphatic rings. The summed E-state index contributed by atoms with van der Waals surface area (Å²) in [4.78, 5) is 6.28. The topological polar surface area (TPSA) is 21.6 Å². The summed E-state index contributed by atoms with van der Waals surface area (Å²) in [6.07, 6.45) is 1.82. The molecular formula is C15H14ClNOS. The first-order valence-electron chi connectivity index (χ1n) is 6.20. The van der Waals surface area contributed by atoms with Crippen LogP contribution < -0.4 is 0 Å². The van der Waals surface area contributed by atoms with Crippen LogP contribution in [0.15, 0.2) is 41.6 Å².